The van der Waals surface area contributed by atoms with E-state index >= 15 is 0 Å². The molecule has 0 aliphatic rings. The monoisotopic (exact) mass is 439 g/mol. The molecule has 33 heavy (non-hydrogen) atoms. The van der Waals surface area contributed by atoms with Gasteiger partial charge in [-0.15, -0.1) is 0 Å². The molecule has 2 N–H and O–H groups in total. The molecule has 0 fully saturated rings. The second-order valence-electron chi connectivity index (χ2n) is 7.80. The van der Waals surface area contributed by atoms with Gasteiger partial charge in [-0.2, -0.15) is 9.97 Å². The van der Waals surface area contributed by atoms with Crippen LogP contribution in [0, 0.1) is 0 Å². The maximum atomic E-state index is 6.26. The van der Waals surface area contributed by atoms with Crippen molar-refractivity contribution in [3.05, 3.63) is 90.2 Å². The number of benzene rings is 2. The lowest BCUT2D eigenvalue weighted by Gasteiger charge is -2.09. The molecule has 3 aromatic heterocycles. The Hall–Kier alpha value is -4.13. The van der Waals surface area contributed by atoms with Gasteiger partial charge in [-0.3, -0.25) is 0 Å². The van der Waals surface area contributed by atoms with Crippen LogP contribution >= 0.6 is 0 Å². The Morgan fingerprint density at radius 2 is 1.55 bits per heavy atom. The first-order chi connectivity index (χ1) is 16.3. The van der Waals surface area contributed by atoms with Gasteiger partial charge in [0.05, 0.1) is 12.9 Å². The lowest BCUT2D eigenvalue weighted by atomic mass is 10.1. The van der Waals surface area contributed by atoms with Crippen molar-refractivity contribution in [1.82, 2.24) is 19.5 Å². The van der Waals surface area contributed by atoms with E-state index in [-0.39, 0.29) is 6.01 Å². The fourth-order valence-corrected chi connectivity index (χ4v) is 3.84. The third kappa shape index (κ3) is 4.72. The second-order valence-corrected chi connectivity index (χ2v) is 7.80. The summed E-state index contributed by atoms with van der Waals surface area (Å²) in [6, 6.07) is 24.6. The Morgan fingerprint density at radius 3 is 2.24 bits per heavy atom. The van der Waals surface area contributed by atoms with Crippen LogP contribution in [0.4, 0.5) is 5.82 Å². The van der Waals surface area contributed by atoms with E-state index in [0.717, 1.165) is 19.3 Å². The van der Waals surface area contributed by atoms with E-state index in [9.17, 15) is 0 Å². The van der Waals surface area contributed by atoms with Gasteiger partial charge in [-0.05, 0) is 42.5 Å². The van der Waals surface area contributed by atoms with Crippen molar-refractivity contribution >= 4 is 17.0 Å². The van der Waals surface area contributed by atoms with E-state index in [2.05, 4.69) is 34.2 Å². The molecule has 0 aliphatic carbocycles. The molecule has 5 aromatic rings. The Morgan fingerprint density at radius 1 is 0.818 bits per heavy atom. The van der Waals surface area contributed by atoms with Gasteiger partial charge in [0, 0.05) is 6.54 Å². The van der Waals surface area contributed by atoms with Crippen LogP contribution < -0.4 is 10.5 Å². The van der Waals surface area contributed by atoms with Crippen LogP contribution in [0.25, 0.3) is 22.7 Å². The van der Waals surface area contributed by atoms with E-state index in [1.807, 2.05) is 53.1 Å². The lowest BCUT2D eigenvalue weighted by molar-refractivity contribution is 0.288. The molecule has 0 amide bonds. The quantitative estimate of drug-likeness (QED) is 0.328. The number of furan rings is 1. The average molecular weight is 440 g/mol. The summed E-state index contributed by atoms with van der Waals surface area (Å²) in [5.41, 5.74) is 9.95. The third-order valence-corrected chi connectivity index (χ3v) is 5.49. The second kappa shape index (κ2) is 9.56. The summed E-state index contributed by atoms with van der Waals surface area (Å²) >= 11 is 0. The molecule has 0 aliphatic heterocycles. The van der Waals surface area contributed by atoms with Gasteiger partial charge in [-0.1, -0.05) is 60.7 Å². The SMILES string of the molecule is Nc1nc(OCCCc2ccccc2)nc2c1nc(-c1ccco1)n2CCc1ccccc1. The summed E-state index contributed by atoms with van der Waals surface area (Å²) in [5.74, 6) is 1.63. The minimum absolute atomic E-state index is 0.264. The van der Waals surface area contributed by atoms with Crippen molar-refractivity contribution in [3.63, 3.8) is 0 Å². The highest BCUT2D eigenvalue weighted by molar-refractivity contribution is 5.85. The van der Waals surface area contributed by atoms with Gasteiger partial charge in [0.2, 0.25) is 0 Å². The van der Waals surface area contributed by atoms with Crippen molar-refractivity contribution in [3.8, 4) is 17.6 Å². The molecule has 0 atom stereocenters. The summed E-state index contributed by atoms with van der Waals surface area (Å²) in [4.78, 5) is 13.7. The predicted molar refractivity (Wildman–Crippen MR) is 128 cm³/mol. The molecule has 0 unspecified atom stereocenters. The molecule has 5 rings (SSSR count). The molecule has 7 nitrogen and oxygen atoms in total. The van der Waals surface area contributed by atoms with Crippen molar-refractivity contribution in [2.24, 2.45) is 0 Å². The van der Waals surface area contributed by atoms with Crippen LogP contribution in [0.3, 0.4) is 0 Å². The highest BCUT2D eigenvalue weighted by Gasteiger charge is 2.20. The molecule has 0 saturated heterocycles. The Labute approximate surface area is 191 Å². The number of nitrogens with two attached hydrogens (primary N) is 1. The van der Waals surface area contributed by atoms with Crippen LogP contribution in [0.15, 0.2) is 83.5 Å². The molecule has 0 bridgehead atoms. The van der Waals surface area contributed by atoms with Crippen LogP contribution in [0.5, 0.6) is 6.01 Å². The normalized spacial score (nSPS) is 11.2. The number of anilines is 1. The van der Waals surface area contributed by atoms with Crippen LogP contribution in [-0.4, -0.2) is 26.1 Å². The van der Waals surface area contributed by atoms with Crippen molar-refractivity contribution in [2.45, 2.75) is 25.8 Å². The Kier molecular flexibility index (Phi) is 6.01. The molecular weight excluding hydrogens is 414 g/mol. The number of fused-ring (bicyclic) bond motifs is 1. The Bertz CT molecular complexity index is 1320. The maximum absolute atomic E-state index is 6.26. The van der Waals surface area contributed by atoms with Gasteiger partial charge in [-0.25, -0.2) is 4.98 Å². The van der Waals surface area contributed by atoms with Gasteiger partial charge in [0.15, 0.2) is 28.6 Å². The van der Waals surface area contributed by atoms with Crippen molar-refractivity contribution in [2.75, 3.05) is 12.3 Å². The number of aromatic nitrogens is 4. The topological polar surface area (TPSA) is 92.0 Å². The first-order valence-corrected chi connectivity index (χ1v) is 11.1. The Balaban J connectivity index is 1.40. The van der Waals surface area contributed by atoms with Crippen molar-refractivity contribution in [1.29, 1.82) is 0 Å². The average Bonchev–Trinajstić information content (AvgIpc) is 3.50. The van der Waals surface area contributed by atoms with Crippen LogP contribution in [-0.2, 0) is 19.4 Å². The zero-order chi connectivity index (χ0) is 22.5. The molecule has 0 saturated carbocycles. The fraction of sp³-hybridized carbons (Fsp3) is 0.192. The predicted octanol–water partition coefficient (Wildman–Crippen LogP) is 4.92. The first-order valence-electron chi connectivity index (χ1n) is 11.1. The maximum Gasteiger partial charge on any atom is 0.320 e. The molecule has 2 aromatic carbocycles. The molecular formula is C26H25N5O2. The zero-order valence-electron chi connectivity index (χ0n) is 18.2. The summed E-state index contributed by atoms with van der Waals surface area (Å²) < 4.78 is 13.5. The largest absolute Gasteiger partial charge is 0.463 e. The molecule has 3 heterocycles. The van der Waals surface area contributed by atoms with Gasteiger partial charge >= 0.3 is 6.01 Å². The van der Waals surface area contributed by atoms with Crippen LogP contribution in [0.2, 0.25) is 0 Å². The molecule has 166 valence electrons. The van der Waals surface area contributed by atoms with Gasteiger partial charge < -0.3 is 19.5 Å². The minimum Gasteiger partial charge on any atom is -0.463 e. The zero-order valence-corrected chi connectivity index (χ0v) is 18.2. The summed E-state index contributed by atoms with van der Waals surface area (Å²) in [6.07, 6.45) is 4.23. The number of rotatable bonds is 9. The number of hydrogen-bond donors (Lipinski definition) is 1. The third-order valence-electron chi connectivity index (χ3n) is 5.49. The number of hydrogen-bond acceptors (Lipinski definition) is 6. The van der Waals surface area contributed by atoms with E-state index in [1.54, 1.807) is 6.26 Å². The highest BCUT2D eigenvalue weighted by atomic mass is 16.5. The minimum atomic E-state index is 0.264. The fourth-order valence-electron chi connectivity index (χ4n) is 3.84. The molecule has 0 spiro atoms. The van der Waals surface area contributed by atoms with Crippen LogP contribution in [0.1, 0.15) is 17.5 Å². The van der Waals surface area contributed by atoms with Gasteiger partial charge in [0.25, 0.3) is 0 Å². The summed E-state index contributed by atoms with van der Waals surface area (Å²) in [7, 11) is 0. The summed E-state index contributed by atoms with van der Waals surface area (Å²) in [5, 5.41) is 0. The van der Waals surface area contributed by atoms with E-state index < -0.39 is 0 Å². The van der Waals surface area contributed by atoms with Gasteiger partial charge in [0.1, 0.15) is 0 Å². The first kappa shape index (κ1) is 20.8. The number of nitrogens with zero attached hydrogens (tertiary/aromatic N) is 4. The smallest absolute Gasteiger partial charge is 0.320 e. The van der Waals surface area contributed by atoms with E-state index in [4.69, 9.17) is 19.9 Å². The van der Waals surface area contributed by atoms with E-state index in [1.165, 1.54) is 11.1 Å². The molecule has 7 heteroatoms. The number of aryl methyl sites for hydroxylation is 3. The summed E-state index contributed by atoms with van der Waals surface area (Å²) in [6.45, 7) is 1.17. The number of ether oxygens (including phenoxy) is 1. The lowest BCUT2D eigenvalue weighted by Crippen LogP contribution is -2.08. The van der Waals surface area contributed by atoms with E-state index in [0.29, 0.717) is 41.7 Å². The highest BCUT2D eigenvalue weighted by Crippen LogP contribution is 2.28. The number of imidazole rings is 1. The standard InChI is InChI=1S/C26H25N5O2/c27-23-22-25(30-26(29-23)33-18-7-13-19-9-3-1-4-10-19)31(16-15-20-11-5-2-6-12-20)24(28-22)21-14-8-17-32-21/h1-6,8-12,14,17H,7,13,15-16,18H2,(H2,27,29,30). The number of nitrogen functional groups attached to an aromatic ring is 1. The van der Waals surface area contributed by atoms with Crippen molar-refractivity contribution < 1.29 is 9.15 Å². The molecule has 0 radical (unpaired) electrons.